The molecular weight excluding hydrogens is 374 g/mol. The van der Waals surface area contributed by atoms with Crippen LogP contribution in [0.15, 0.2) is 46.1 Å². The highest BCUT2D eigenvalue weighted by Gasteiger charge is 2.20. The van der Waals surface area contributed by atoms with Gasteiger partial charge in [-0.25, -0.2) is 17.9 Å². The number of nitro groups is 1. The van der Waals surface area contributed by atoms with E-state index in [-0.39, 0.29) is 22.0 Å². The van der Waals surface area contributed by atoms with Crippen LogP contribution < -0.4 is 15.7 Å². The second-order valence-corrected chi connectivity index (χ2v) is 7.76. The van der Waals surface area contributed by atoms with Gasteiger partial charge in [-0.1, -0.05) is 0 Å². The van der Waals surface area contributed by atoms with Gasteiger partial charge >= 0.3 is 5.69 Å². The van der Waals surface area contributed by atoms with Gasteiger partial charge in [0.2, 0.25) is 10.0 Å². The Bertz CT molecular complexity index is 1230. The third-order valence-corrected chi connectivity index (χ3v) is 5.71. The van der Waals surface area contributed by atoms with Crippen LogP contribution in [0, 0.1) is 10.1 Å². The lowest BCUT2D eigenvalue weighted by atomic mass is 10.2. The number of fused-ring (bicyclic) bond motifs is 1. The number of aromatic nitrogens is 2. The molecule has 0 amide bonds. The van der Waals surface area contributed by atoms with Crippen LogP contribution in [0.2, 0.25) is 0 Å². The minimum Gasteiger partial charge on any atom is -0.350 e. The van der Waals surface area contributed by atoms with Crippen molar-refractivity contribution < 1.29 is 13.3 Å². The van der Waals surface area contributed by atoms with Gasteiger partial charge in [0.05, 0.1) is 20.9 Å². The molecule has 142 valence electrons. The smallest absolute Gasteiger partial charge is 0.328 e. The second-order valence-electron chi connectivity index (χ2n) is 5.87. The molecule has 3 aromatic rings. The van der Waals surface area contributed by atoms with Gasteiger partial charge in [0.1, 0.15) is 5.69 Å². The zero-order valence-electron chi connectivity index (χ0n) is 14.8. The van der Waals surface area contributed by atoms with Gasteiger partial charge in [-0.2, -0.15) is 0 Å². The summed E-state index contributed by atoms with van der Waals surface area (Å²) in [6.45, 7) is 0. The van der Waals surface area contributed by atoms with Crippen molar-refractivity contribution in [2.45, 2.75) is 4.90 Å². The summed E-state index contributed by atoms with van der Waals surface area (Å²) in [5, 5.41) is 14.2. The number of anilines is 2. The van der Waals surface area contributed by atoms with Gasteiger partial charge < -0.3 is 5.32 Å². The first-order valence-corrected chi connectivity index (χ1v) is 9.28. The highest BCUT2D eigenvalue weighted by Crippen LogP contribution is 2.31. The van der Waals surface area contributed by atoms with E-state index < -0.39 is 14.9 Å². The van der Waals surface area contributed by atoms with Crippen molar-refractivity contribution in [3.8, 4) is 0 Å². The number of nitrogens with one attached hydrogen (secondary N) is 2. The molecule has 3 rings (SSSR count). The lowest BCUT2D eigenvalue weighted by Crippen LogP contribution is -2.19. The van der Waals surface area contributed by atoms with Gasteiger partial charge in [0.15, 0.2) is 0 Å². The summed E-state index contributed by atoms with van der Waals surface area (Å²) in [5.74, 6) is 0. The van der Waals surface area contributed by atoms with Gasteiger partial charge in [-0.05, 0) is 37.4 Å². The van der Waals surface area contributed by atoms with Crippen LogP contribution in [-0.4, -0.2) is 29.5 Å². The summed E-state index contributed by atoms with van der Waals surface area (Å²) in [5.41, 5.74) is 1.37. The predicted molar refractivity (Wildman–Crippen MR) is 101 cm³/mol. The molecule has 0 aliphatic heterocycles. The van der Waals surface area contributed by atoms with E-state index in [0.29, 0.717) is 16.7 Å². The Balaban J connectivity index is 2.12. The number of aryl methyl sites for hydroxylation is 2. The number of nitro benzene ring substituents is 1. The van der Waals surface area contributed by atoms with Crippen LogP contribution >= 0.6 is 0 Å². The Hall–Kier alpha value is -3.18. The van der Waals surface area contributed by atoms with Crippen LogP contribution in [0.3, 0.4) is 0 Å². The van der Waals surface area contributed by atoms with Crippen molar-refractivity contribution >= 4 is 38.1 Å². The van der Waals surface area contributed by atoms with Crippen molar-refractivity contribution in [3.63, 3.8) is 0 Å². The van der Waals surface area contributed by atoms with Gasteiger partial charge in [0, 0.05) is 25.8 Å². The zero-order valence-corrected chi connectivity index (χ0v) is 15.6. The van der Waals surface area contributed by atoms with Crippen LogP contribution in [-0.2, 0) is 24.1 Å². The van der Waals surface area contributed by atoms with Crippen LogP contribution in [0.5, 0.6) is 0 Å². The molecule has 0 fully saturated rings. The second kappa shape index (κ2) is 6.52. The summed E-state index contributed by atoms with van der Waals surface area (Å²) in [4.78, 5) is 22.6. The summed E-state index contributed by atoms with van der Waals surface area (Å²) in [6.07, 6.45) is 0. The van der Waals surface area contributed by atoms with E-state index in [4.69, 9.17) is 0 Å². The average molecular weight is 391 g/mol. The summed E-state index contributed by atoms with van der Waals surface area (Å²) < 4.78 is 29.1. The maximum absolute atomic E-state index is 12.0. The fraction of sp³-hybridized carbons (Fsp3) is 0.188. The van der Waals surface area contributed by atoms with Crippen LogP contribution in [0.25, 0.3) is 11.0 Å². The number of hydrogen-bond acceptors (Lipinski definition) is 6. The topological polar surface area (TPSA) is 128 Å². The zero-order chi connectivity index (χ0) is 19.9. The Morgan fingerprint density at radius 1 is 1.04 bits per heavy atom. The van der Waals surface area contributed by atoms with E-state index in [2.05, 4.69) is 10.0 Å². The third kappa shape index (κ3) is 3.17. The summed E-state index contributed by atoms with van der Waals surface area (Å²) in [6, 6.07) is 8.52. The van der Waals surface area contributed by atoms with E-state index in [1.54, 1.807) is 32.3 Å². The van der Waals surface area contributed by atoms with Gasteiger partial charge in [-0.15, -0.1) is 0 Å². The Morgan fingerprint density at radius 3 is 2.33 bits per heavy atom. The normalized spacial score (nSPS) is 11.7. The van der Waals surface area contributed by atoms with Crippen LogP contribution in [0.4, 0.5) is 17.1 Å². The minimum atomic E-state index is -3.76. The molecular formula is C16H17N5O5S. The monoisotopic (exact) mass is 391 g/mol. The molecule has 0 atom stereocenters. The quantitative estimate of drug-likeness (QED) is 0.500. The number of rotatable bonds is 5. The average Bonchev–Trinajstić information content (AvgIpc) is 2.85. The SMILES string of the molecule is CNS(=O)(=O)c1ccc([N+](=O)[O-])c(Nc2ccc3c(c2)n(C)c(=O)n3C)c1. The molecule has 0 aliphatic rings. The number of hydrogen-bond donors (Lipinski definition) is 2. The van der Waals surface area contributed by atoms with E-state index >= 15 is 0 Å². The number of nitrogens with zero attached hydrogens (tertiary/aromatic N) is 3. The lowest BCUT2D eigenvalue weighted by molar-refractivity contribution is -0.384. The molecule has 27 heavy (non-hydrogen) atoms. The highest BCUT2D eigenvalue weighted by atomic mass is 32.2. The standard InChI is InChI=1S/C16H17N5O5S/c1-17-27(25,26)11-5-7-13(21(23)24)12(9-11)18-10-4-6-14-15(8-10)20(3)16(22)19(14)2/h4-9,17-18H,1-3H3. The molecule has 10 nitrogen and oxygen atoms in total. The predicted octanol–water partition coefficient (Wildman–Crippen LogP) is 1.44. The van der Waals surface area contributed by atoms with E-state index in [1.807, 2.05) is 0 Å². The van der Waals surface area contributed by atoms with Crippen molar-refractivity contribution in [1.29, 1.82) is 0 Å². The largest absolute Gasteiger partial charge is 0.350 e. The van der Waals surface area contributed by atoms with E-state index in [9.17, 15) is 23.3 Å². The molecule has 2 aromatic carbocycles. The fourth-order valence-corrected chi connectivity index (χ4v) is 3.56. The number of benzene rings is 2. The Kier molecular flexibility index (Phi) is 4.49. The first kappa shape index (κ1) is 18.6. The molecule has 0 spiro atoms. The molecule has 0 radical (unpaired) electrons. The molecule has 11 heteroatoms. The first-order chi connectivity index (χ1) is 12.7. The summed E-state index contributed by atoms with van der Waals surface area (Å²) >= 11 is 0. The van der Waals surface area contributed by atoms with E-state index in [0.717, 1.165) is 6.07 Å². The Morgan fingerprint density at radius 2 is 1.70 bits per heavy atom. The van der Waals surface area contributed by atoms with E-state index in [1.165, 1.54) is 28.3 Å². The Labute approximate surface area is 154 Å². The van der Waals surface area contributed by atoms with Crippen LogP contribution in [0.1, 0.15) is 0 Å². The van der Waals surface area contributed by atoms with Gasteiger partial charge in [0.25, 0.3) is 5.69 Å². The lowest BCUT2D eigenvalue weighted by Gasteiger charge is -2.10. The third-order valence-electron chi connectivity index (χ3n) is 4.29. The molecule has 0 bridgehead atoms. The molecule has 0 saturated heterocycles. The van der Waals surface area contributed by atoms with Crippen molar-refractivity contribution in [3.05, 3.63) is 57.0 Å². The maximum Gasteiger partial charge on any atom is 0.328 e. The fourth-order valence-electron chi connectivity index (χ4n) is 2.80. The number of sulfonamides is 1. The molecule has 0 unspecified atom stereocenters. The molecule has 0 saturated carbocycles. The highest BCUT2D eigenvalue weighted by molar-refractivity contribution is 7.89. The first-order valence-electron chi connectivity index (χ1n) is 7.80. The molecule has 1 aromatic heterocycles. The summed E-state index contributed by atoms with van der Waals surface area (Å²) in [7, 11) is 0.767. The minimum absolute atomic E-state index is 0.0246. The van der Waals surface area contributed by atoms with Crippen molar-refractivity contribution in [2.75, 3.05) is 12.4 Å². The maximum atomic E-state index is 12.0. The molecule has 1 heterocycles. The molecule has 2 N–H and O–H groups in total. The van der Waals surface area contributed by atoms with Crippen molar-refractivity contribution in [1.82, 2.24) is 13.9 Å². The van der Waals surface area contributed by atoms with Crippen molar-refractivity contribution in [2.24, 2.45) is 14.1 Å². The van der Waals surface area contributed by atoms with Gasteiger partial charge in [-0.3, -0.25) is 19.2 Å². The number of imidazole rings is 1. The molecule has 0 aliphatic carbocycles.